The lowest BCUT2D eigenvalue weighted by Gasteiger charge is -2.24. The summed E-state index contributed by atoms with van der Waals surface area (Å²) in [4.78, 5) is 24.7. The van der Waals surface area contributed by atoms with Crippen LogP contribution in [0.4, 0.5) is 4.39 Å². The molecule has 2 atom stereocenters. The molecule has 1 saturated heterocycles. The van der Waals surface area contributed by atoms with Gasteiger partial charge >= 0.3 is 5.97 Å². The summed E-state index contributed by atoms with van der Waals surface area (Å²) in [6, 6.07) is 4.76. The summed E-state index contributed by atoms with van der Waals surface area (Å²) in [7, 11) is 0. The maximum absolute atomic E-state index is 12.9. The van der Waals surface area contributed by atoms with Crippen LogP contribution >= 0.6 is 12.6 Å². The zero-order chi connectivity index (χ0) is 14.7. The van der Waals surface area contributed by atoms with Crippen LogP contribution in [-0.2, 0) is 16.0 Å². The molecule has 4 nitrogen and oxygen atoms in total. The van der Waals surface area contributed by atoms with Gasteiger partial charge in [-0.25, -0.2) is 9.18 Å². The number of benzene rings is 1. The molecule has 0 bridgehead atoms. The standard InChI is InChI=1S/C14H16FNO3S/c15-11-3-1-9(2-4-11)5-12(14(18)19)16-7-10(8-20)6-13(16)17/h1-4,10,12,20H,5-8H2,(H,18,19). The van der Waals surface area contributed by atoms with Gasteiger partial charge in [-0.05, 0) is 29.4 Å². The Morgan fingerprint density at radius 3 is 2.60 bits per heavy atom. The van der Waals surface area contributed by atoms with Crippen LogP contribution in [0.25, 0.3) is 0 Å². The molecule has 0 saturated carbocycles. The van der Waals surface area contributed by atoms with Crippen LogP contribution in [0.15, 0.2) is 24.3 Å². The van der Waals surface area contributed by atoms with Crippen LogP contribution in [0.3, 0.4) is 0 Å². The summed E-state index contributed by atoms with van der Waals surface area (Å²) in [5.41, 5.74) is 0.695. The number of hydrogen-bond acceptors (Lipinski definition) is 3. The monoisotopic (exact) mass is 297 g/mol. The Bertz CT molecular complexity index is 506. The molecule has 0 aromatic heterocycles. The number of aliphatic carboxylic acids is 1. The van der Waals surface area contributed by atoms with Crippen molar-refractivity contribution >= 4 is 24.5 Å². The summed E-state index contributed by atoms with van der Waals surface area (Å²) < 4.78 is 12.9. The topological polar surface area (TPSA) is 57.6 Å². The zero-order valence-corrected chi connectivity index (χ0v) is 11.7. The minimum Gasteiger partial charge on any atom is -0.480 e. The van der Waals surface area contributed by atoms with Crippen molar-refractivity contribution in [1.29, 1.82) is 0 Å². The van der Waals surface area contributed by atoms with E-state index >= 15 is 0 Å². The molecule has 0 aliphatic carbocycles. The van der Waals surface area contributed by atoms with E-state index < -0.39 is 12.0 Å². The second-order valence-corrected chi connectivity index (χ2v) is 5.35. The van der Waals surface area contributed by atoms with E-state index in [1.165, 1.54) is 17.0 Å². The molecule has 2 unspecified atom stereocenters. The normalized spacial score (nSPS) is 20.2. The van der Waals surface area contributed by atoms with Crippen molar-refractivity contribution in [2.24, 2.45) is 5.92 Å². The Hall–Kier alpha value is -1.56. The molecule has 1 amide bonds. The van der Waals surface area contributed by atoms with Crippen LogP contribution in [0, 0.1) is 11.7 Å². The van der Waals surface area contributed by atoms with E-state index in [2.05, 4.69) is 12.6 Å². The zero-order valence-electron chi connectivity index (χ0n) is 10.8. The molecule has 0 spiro atoms. The molecule has 2 rings (SSSR count). The summed E-state index contributed by atoms with van der Waals surface area (Å²) in [5, 5.41) is 9.34. The first kappa shape index (κ1) is 14.8. The highest BCUT2D eigenvalue weighted by Crippen LogP contribution is 2.23. The second kappa shape index (κ2) is 6.26. The Kier molecular flexibility index (Phi) is 4.65. The number of carboxylic acid groups (broad SMARTS) is 1. The van der Waals surface area contributed by atoms with Crippen LogP contribution in [0.2, 0.25) is 0 Å². The molecule has 1 N–H and O–H groups in total. The first-order valence-electron chi connectivity index (χ1n) is 6.39. The largest absolute Gasteiger partial charge is 0.480 e. The number of hydrogen-bond donors (Lipinski definition) is 2. The Labute approximate surface area is 122 Å². The fourth-order valence-corrected chi connectivity index (χ4v) is 2.65. The lowest BCUT2D eigenvalue weighted by molar-refractivity contribution is -0.148. The Morgan fingerprint density at radius 2 is 2.10 bits per heavy atom. The van der Waals surface area contributed by atoms with Crippen molar-refractivity contribution in [2.45, 2.75) is 18.9 Å². The molecular weight excluding hydrogens is 281 g/mol. The van der Waals surface area contributed by atoms with E-state index in [0.717, 1.165) is 0 Å². The van der Waals surface area contributed by atoms with E-state index in [1.807, 2.05) is 0 Å². The third-order valence-electron chi connectivity index (χ3n) is 3.50. The summed E-state index contributed by atoms with van der Waals surface area (Å²) in [6.45, 7) is 0.417. The summed E-state index contributed by atoms with van der Waals surface area (Å²) >= 11 is 4.16. The number of amides is 1. The lowest BCUT2D eigenvalue weighted by atomic mass is 10.0. The van der Waals surface area contributed by atoms with Crippen molar-refractivity contribution < 1.29 is 19.1 Å². The first-order chi connectivity index (χ1) is 9.51. The summed E-state index contributed by atoms with van der Waals surface area (Å²) in [6.07, 6.45) is 0.525. The minimum atomic E-state index is -1.04. The predicted octanol–water partition coefficient (Wildman–Crippen LogP) is 1.60. The summed E-state index contributed by atoms with van der Waals surface area (Å²) in [5.74, 6) is -0.902. The molecule has 1 aromatic rings. The third-order valence-corrected chi connectivity index (χ3v) is 4.02. The fourth-order valence-electron chi connectivity index (χ4n) is 2.41. The average molecular weight is 297 g/mol. The van der Waals surface area contributed by atoms with Crippen molar-refractivity contribution in [3.63, 3.8) is 0 Å². The van der Waals surface area contributed by atoms with E-state index in [0.29, 0.717) is 24.3 Å². The van der Waals surface area contributed by atoms with Gasteiger partial charge in [0.2, 0.25) is 5.91 Å². The van der Waals surface area contributed by atoms with Crippen molar-refractivity contribution in [2.75, 3.05) is 12.3 Å². The van der Waals surface area contributed by atoms with Crippen LogP contribution in [0.1, 0.15) is 12.0 Å². The SMILES string of the molecule is O=C(O)C(Cc1ccc(F)cc1)N1CC(CS)CC1=O. The number of likely N-dealkylation sites (tertiary alicyclic amines) is 1. The number of rotatable bonds is 5. The molecule has 1 heterocycles. The van der Waals surface area contributed by atoms with Gasteiger partial charge in [0.15, 0.2) is 0 Å². The maximum atomic E-state index is 12.9. The predicted molar refractivity (Wildman–Crippen MR) is 75.2 cm³/mol. The fraction of sp³-hybridized carbons (Fsp3) is 0.429. The third kappa shape index (κ3) is 3.30. The molecule has 1 aliphatic heterocycles. The maximum Gasteiger partial charge on any atom is 0.326 e. The van der Waals surface area contributed by atoms with Gasteiger partial charge in [-0.1, -0.05) is 12.1 Å². The molecule has 0 radical (unpaired) electrons. The molecule has 1 aromatic carbocycles. The van der Waals surface area contributed by atoms with Crippen LogP contribution < -0.4 is 0 Å². The molecular formula is C14H16FNO3S. The molecule has 108 valence electrons. The highest BCUT2D eigenvalue weighted by molar-refractivity contribution is 7.80. The number of halogens is 1. The van der Waals surface area contributed by atoms with Crippen LogP contribution in [0.5, 0.6) is 0 Å². The van der Waals surface area contributed by atoms with Gasteiger partial charge in [0.1, 0.15) is 11.9 Å². The highest BCUT2D eigenvalue weighted by Gasteiger charge is 2.37. The van der Waals surface area contributed by atoms with E-state index in [4.69, 9.17) is 0 Å². The molecule has 20 heavy (non-hydrogen) atoms. The minimum absolute atomic E-state index is 0.0981. The van der Waals surface area contributed by atoms with Crippen molar-refractivity contribution in [1.82, 2.24) is 4.90 Å². The number of nitrogens with zero attached hydrogens (tertiary/aromatic N) is 1. The highest BCUT2D eigenvalue weighted by atomic mass is 32.1. The lowest BCUT2D eigenvalue weighted by Crippen LogP contribution is -2.43. The number of carboxylic acids is 1. The van der Waals surface area contributed by atoms with Gasteiger partial charge in [-0.2, -0.15) is 12.6 Å². The smallest absolute Gasteiger partial charge is 0.326 e. The number of carbonyl (C=O) groups excluding carboxylic acids is 1. The molecule has 1 aliphatic rings. The second-order valence-electron chi connectivity index (χ2n) is 4.98. The molecule has 6 heteroatoms. The number of thiol groups is 1. The van der Waals surface area contributed by atoms with Crippen molar-refractivity contribution in [3.05, 3.63) is 35.6 Å². The first-order valence-corrected chi connectivity index (χ1v) is 7.02. The van der Waals surface area contributed by atoms with E-state index in [1.54, 1.807) is 12.1 Å². The van der Waals surface area contributed by atoms with E-state index in [9.17, 15) is 19.1 Å². The average Bonchev–Trinajstić information content (AvgIpc) is 2.79. The molecule has 1 fully saturated rings. The number of carbonyl (C=O) groups is 2. The van der Waals surface area contributed by atoms with Gasteiger partial charge < -0.3 is 10.0 Å². The van der Waals surface area contributed by atoms with Gasteiger partial charge in [-0.3, -0.25) is 4.79 Å². The Balaban J connectivity index is 2.13. The van der Waals surface area contributed by atoms with Gasteiger partial charge in [0.05, 0.1) is 0 Å². The Morgan fingerprint density at radius 1 is 1.45 bits per heavy atom. The van der Waals surface area contributed by atoms with Gasteiger partial charge in [0, 0.05) is 19.4 Å². The van der Waals surface area contributed by atoms with Crippen LogP contribution in [-0.4, -0.2) is 40.2 Å². The quantitative estimate of drug-likeness (QED) is 0.812. The van der Waals surface area contributed by atoms with Gasteiger partial charge in [0.25, 0.3) is 0 Å². The van der Waals surface area contributed by atoms with Crippen molar-refractivity contribution in [3.8, 4) is 0 Å². The van der Waals surface area contributed by atoms with Gasteiger partial charge in [-0.15, -0.1) is 0 Å². The van der Waals surface area contributed by atoms with E-state index in [-0.39, 0.29) is 24.1 Å².